The maximum Gasteiger partial charge on any atom is 0.419 e. The molecule has 1 saturated carbocycles. The van der Waals surface area contributed by atoms with Gasteiger partial charge >= 0.3 is 11.7 Å². The second-order valence-corrected chi connectivity index (χ2v) is 7.75. The molecule has 1 aromatic heterocycles. The van der Waals surface area contributed by atoms with Crippen molar-refractivity contribution in [3.8, 4) is 0 Å². The molecule has 7 nitrogen and oxygen atoms in total. The number of benzene rings is 1. The van der Waals surface area contributed by atoms with Gasteiger partial charge < -0.3 is 14.5 Å². The Morgan fingerprint density at radius 1 is 1.29 bits per heavy atom. The lowest BCUT2D eigenvalue weighted by Gasteiger charge is -2.35. The molecule has 1 aromatic carbocycles. The molecule has 1 aliphatic rings. The number of nitrogens with zero attached hydrogens (tertiary/aromatic N) is 1. The van der Waals surface area contributed by atoms with Crippen LogP contribution in [0.1, 0.15) is 46.5 Å². The fourth-order valence-electron chi connectivity index (χ4n) is 3.82. The summed E-state index contributed by atoms with van der Waals surface area (Å²) in [5, 5.41) is 3.02. The first-order chi connectivity index (χ1) is 13.4. The minimum Gasteiger partial charge on any atom is -0.452 e. The number of oxazole rings is 1. The number of para-hydroxylation sites is 2. The number of amides is 1. The molecule has 0 unspecified atom stereocenters. The predicted octanol–water partition coefficient (Wildman–Crippen LogP) is 2.86. The normalized spacial score (nSPS) is 23.3. The quantitative estimate of drug-likeness (QED) is 0.769. The van der Waals surface area contributed by atoms with Gasteiger partial charge in [0, 0.05) is 12.6 Å². The van der Waals surface area contributed by atoms with Crippen LogP contribution in [0.5, 0.6) is 0 Å². The van der Waals surface area contributed by atoms with Crippen LogP contribution < -0.4 is 11.1 Å². The third kappa shape index (κ3) is 4.46. The molecular formula is C21H28N2O5. The van der Waals surface area contributed by atoms with Crippen molar-refractivity contribution < 1.29 is 18.7 Å². The van der Waals surface area contributed by atoms with Crippen LogP contribution >= 0.6 is 0 Å². The number of hydrogen-bond donors (Lipinski definition) is 1. The summed E-state index contributed by atoms with van der Waals surface area (Å²) in [5.74, 6) is -0.336. The molecule has 0 bridgehead atoms. The first-order valence-corrected chi connectivity index (χ1v) is 9.95. The molecule has 1 N–H and O–H groups in total. The summed E-state index contributed by atoms with van der Waals surface area (Å²) in [6.45, 7) is 6.07. The molecule has 1 aliphatic carbocycles. The van der Waals surface area contributed by atoms with E-state index >= 15 is 0 Å². The molecule has 0 aliphatic heterocycles. The molecular weight excluding hydrogens is 360 g/mol. The number of esters is 1. The van der Waals surface area contributed by atoms with Crippen molar-refractivity contribution in [3.05, 3.63) is 34.8 Å². The van der Waals surface area contributed by atoms with Crippen LogP contribution in [0.4, 0.5) is 0 Å². The highest BCUT2D eigenvalue weighted by Gasteiger charge is 2.30. The summed E-state index contributed by atoms with van der Waals surface area (Å²) in [4.78, 5) is 36.5. The van der Waals surface area contributed by atoms with Gasteiger partial charge in [0.25, 0.3) is 5.91 Å². The minimum absolute atomic E-state index is 0.0160. The SMILES string of the molecule is C[C@H]1[C@H](C)CCC[C@H]1NC(=O)[C@H](C)OC(=O)CCn1c(=O)oc2ccccc21. The number of rotatable bonds is 6. The van der Waals surface area contributed by atoms with Gasteiger partial charge in [-0.1, -0.05) is 38.8 Å². The second-order valence-electron chi connectivity index (χ2n) is 7.75. The molecule has 7 heteroatoms. The fourth-order valence-corrected chi connectivity index (χ4v) is 3.82. The smallest absolute Gasteiger partial charge is 0.419 e. The zero-order valence-electron chi connectivity index (χ0n) is 16.6. The maximum absolute atomic E-state index is 12.4. The largest absolute Gasteiger partial charge is 0.452 e. The predicted molar refractivity (Wildman–Crippen MR) is 105 cm³/mol. The van der Waals surface area contributed by atoms with Gasteiger partial charge in [-0.25, -0.2) is 4.79 Å². The fraction of sp³-hybridized carbons (Fsp3) is 0.571. The van der Waals surface area contributed by atoms with E-state index in [0.29, 0.717) is 22.9 Å². The van der Waals surface area contributed by atoms with Gasteiger partial charge in [-0.05, 0) is 37.3 Å². The Kier molecular flexibility index (Phi) is 6.21. The third-order valence-corrected chi connectivity index (χ3v) is 5.83. The summed E-state index contributed by atoms with van der Waals surface area (Å²) in [6.07, 6.45) is 2.35. The van der Waals surface area contributed by atoms with E-state index in [4.69, 9.17) is 9.15 Å². The van der Waals surface area contributed by atoms with Crippen LogP contribution in [0.15, 0.2) is 33.5 Å². The Morgan fingerprint density at radius 2 is 2.04 bits per heavy atom. The summed E-state index contributed by atoms with van der Waals surface area (Å²) in [6, 6.07) is 7.15. The molecule has 0 spiro atoms. The van der Waals surface area contributed by atoms with Crippen LogP contribution in [-0.2, 0) is 20.9 Å². The zero-order chi connectivity index (χ0) is 20.3. The third-order valence-electron chi connectivity index (χ3n) is 5.83. The van der Waals surface area contributed by atoms with Crippen molar-refractivity contribution in [2.75, 3.05) is 0 Å². The Labute approximate surface area is 164 Å². The number of fused-ring (bicyclic) bond motifs is 1. The lowest BCUT2D eigenvalue weighted by molar-refractivity contribution is -0.155. The molecule has 28 heavy (non-hydrogen) atoms. The lowest BCUT2D eigenvalue weighted by atomic mass is 9.78. The van der Waals surface area contributed by atoms with Gasteiger partial charge in [0.2, 0.25) is 0 Å². The number of aryl methyl sites for hydroxylation is 1. The maximum atomic E-state index is 12.4. The van der Waals surface area contributed by atoms with Gasteiger partial charge in [0.1, 0.15) is 0 Å². The van der Waals surface area contributed by atoms with Gasteiger partial charge in [0.15, 0.2) is 11.7 Å². The molecule has 1 heterocycles. The van der Waals surface area contributed by atoms with Crippen molar-refractivity contribution in [3.63, 3.8) is 0 Å². The van der Waals surface area contributed by atoms with E-state index in [0.717, 1.165) is 12.8 Å². The van der Waals surface area contributed by atoms with E-state index in [9.17, 15) is 14.4 Å². The first-order valence-electron chi connectivity index (χ1n) is 9.95. The van der Waals surface area contributed by atoms with Gasteiger partial charge in [-0.2, -0.15) is 0 Å². The van der Waals surface area contributed by atoms with Crippen molar-refractivity contribution >= 4 is 23.0 Å². The van der Waals surface area contributed by atoms with Crippen LogP contribution in [0.2, 0.25) is 0 Å². The molecule has 152 valence electrons. The van der Waals surface area contributed by atoms with Crippen LogP contribution in [-0.4, -0.2) is 28.6 Å². The molecule has 1 amide bonds. The average molecular weight is 388 g/mol. The van der Waals surface area contributed by atoms with E-state index in [1.807, 2.05) is 0 Å². The van der Waals surface area contributed by atoms with Crippen molar-refractivity contribution in [2.45, 2.75) is 65.1 Å². The van der Waals surface area contributed by atoms with Crippen molar-refractivity contribution in [2.24, 2.45) is 11.8 Å². The lowest BCUT2D eigenvalue weighted by Crippen LogP contribution is -2.47. The Hall–Kier alpha value is -2.57. The molecule has 1 fully saturated rings. The van der Waals surface area contributed by atoms with Gasteiger partial charge in [-0.3, -0.25) is 14.2 Å². The van der Waals surface area contributed by atoms with Crippen LogP contribution in [0.3, 0.4) is 0 Å². The Bertz CT molecular complexity index is 900. The molecule has 0 saturated heterocycles. The first kappa shape index (κ1) is 20.2. The summed E-state index contributed by atoms with van der Waals surface area (Å²) in [5.41, 5.74) is 1.11. The molecule has 0 radical (unpaired) electrons. The summed E-state index contributed by atoms with van der Waals surface area (Å²) >= 11 is 0. The molecule has 3 rings (SSSR count). The van der Waals surface area contributed by atoms with Gasteiger partial charge in [-0.15, -0.1) is 0 Å². The van der Waals surface area contributed by atoms with E-state index in [-0.39, 0.29) is 24.9 Å². The highest BCUT2D eigenvalue weighted by molar-refractivity contribution is 5.83. The van der Waals surface area contributed by atoms with E-state index in [1.165, 1.54) is 11.0 Å². The summed E-state index contributed by atoms with van der Waals surface area (Å²) in [7, 11) is 0. The number of carbonyl (C=O) groups excluding carboxylic acids is 2. The van der Waals surface area contributed by atoms with E-state index < -0.39 is 17.8 Å². The number of hydrogen-bond acceptors (Lipinski definition) is 5. The molecule has 4 atom stereocenters. The topological polar surface area (TPSA) is 90.5 Å². The highest BCUT2D eigenvalue weighted by Crippen LogP contribution is 2.29. The van der Waals surface area contributed by atoms with Crippen LogP contribution in [0, 0.1) is 11.8 Å². The number of nitrogens with one attached hydrogen (secondary N) is 1. The average Bonchev–Trinajstić information content (AvgIpc) is 2.98. The Balaban J connectivity index is 1.52. The monoisotopic (exact) mass is 388 g/mol. The number of carbonyl (C=O) groups is 2. The molecule has 2 aromatic rings. The highest BCUT2D eigenvalue weighted by atomic mass is 16.5. The van der Waals surface area contributed by atoms with Gasteiger partial charge in [0.05, 0.1) is 11.9 Å². The number of ether oxygens (including phenoxy) is 1. The van der Waals surface area contributed by atoms with Crippen molar-refractivity contribution in [1.29, 1.82) is 0 Å². The van der Waals surface area contributed by atoms with Crippen molar-refractivity contribution in [1.82, 2.24) is 9.88 Å². The zero-order valence-corrected chi connectivity index (χ0v) is 16.6. The number of aromatic nitrogens is 1. The minimum atomic E-state index is -0.866. The van der Waals surface area contributed by atoms with E-state index in [2.05, 4.69) is 19.2 Å². The van der Waals surface area contributed by atoms with Crippen LogP contribution in [0.25, 0.3) is 11.1 Å². The second kappa shape index (κ2) is 8.63. The Morgan fingerprint density at radius 3 is 2.82 bits per heavy atom. The van der Waals surface area contributed by atoms with E-state index in [1.54, 1.807) is 31.2 Å². The summed E-state index contributed by atoms with van der Waals surface area (Å²) < 4.78 is 11.8. The standard InChI is InChI=1S/C21H28N2O5/c1-13-7-6-8-16(14(13)2)22-20(25)15(3)27-19(24)11-12-23-17-9-4-5-10-18(17)28-21(23)26/h4-5,9-10,13-16H,6-8,11-12H2,1-3H3,(H,22,25)/t13-,14+,15+,16-/m1/s1.